The maximum absolute atomic E-state index is 12.7. The summed E-state index contributed by atoms with van der Waals surface area (Å²) >= 11 is 1.59. The minimum absolute atomic E-state index is 0. The van der Waals surface area contributed by atoms with E-state index in [0.29, 0.717) is 18.4 Å². The number of hydrogen-bond acceptors (Lipinski definition) is 3. The molecular formula is C18H23ClN2OS. The Morgan fingerprint density at radius 3 is 2.52 bits per heavy atom. The molecule has 0 unspecified atom stereocenters. The molecule has 0 saturated carbocycles. The molecule has 3 nitrogen and oxygen atoms in total. The molecule has 1 aromatic carbocycles. The predicted molar refractivity (Wildman–Crippen MR) is 98.7 cm³/mol. The lowest BCUT2D eigenvalue weighted by atomic mass is 9.89. The largest absolute Gasteiger partial charge is 0.337 e. The van der Waals surface area contributed by atoms with Gasteiger partial charge < -0.3 is 10.6 Å². The van der Waals surface area contributed by atoms with Crippen LogP contribution in [0, 0.1) is 19.8 Å². The fourth-order valence-electron chi connectivity index (χ4n) is 3.19. The van der Waals surface area contributed by atoms with Crippen LogP contribution in [0.15, 0.2) is 36.4 Å². The van der Waals surface area contributed by atoms with Crippen molar-refractivity contribution in [2.45, 2.75) is 19.8 Å². The second-order valence-corrected chi connectivity index (χ2v) is 7.33. The zero-order chi connectivity index (χ0) is 15.7. The fourth-order valence-corrected chi connectivity index (χ4v) is 4.19. The van der Waals surface area contributed by atoms with E-state index in [-0.39, 0.29) is 18.3 Å². The van der Waals surface area contributed by atoms with E-state index in [4.69, 9.17) is 5.73 Å². The Morgan fingerprint density at radius 2 is 1.96 bits per heavy atom. The van der Waals surface area contributed by atoms with E-state index in [1.165, 1.54) is 16.0 Å². The lowest BCUT2D eigenvalue weighted by Crippen LogP contribution is -2.29. The van der Waals surface area contributed by atoms with Gasteiger partial charge in [0, 0.05) is 23.9 Å². The van der Waals surface area contributed by atoms with Crippen LogP contribution in [0.5, 0.6) is 0 Å². The third kappa shape index (κ3) is 3.60. The molecule has 124 valence electrons. The van der Waals surface area contributed by atoms with E-state index in [9.17, 15) is 4.79 Å². The molecule has 2 heterocycles. The summed E-state index contributed by atoms with van der Waals surface area (Å²) in [4.78, 5) is 16.8. The number of hydrogen-bond donors (Lipinski definition) is 1. The smallest absolute Gasteiger partial charge is 0.263 e. The predicted octanol–water partition coefficient (Wildman–Crippen LogP) is 3.60. The summed E-state index contributed by atoms with van der Waals surface area (Å²) in [6.07, 6.45) is 0. The summed E-state index contributed by atoms with van der Waals surface area (Å²) in [6, 6.07) is 12.4. The zero-order valence-corrected chi connectivity index (χ0v) is 15.1. The molecule has 0 bridgehead atoms. The third-order valence-corrected chi connectivity index (χ3v) is 5.78. The summed E-state index contributed by atoms with van der Waals surface area (Å²) in [7, 11) is 0. The topological polar surface area (TPSA) is 46.3 Å². The van der Waals surface area contributed by atoms with Gasteiger partial charge in [0.1, 0.15) is 0 Å². The SMILES string of the molecule is Cc1cc(C(=O)N2C[C@@H](CN)[C@H](c3ccccc3)C2)sc1C.Cl. The van der Waals surface area contributed by atoms with Gasteiger partial charge in [-0.15, -0.1) is 23.7 Å². The Balaban J connectivity index is 0.00000192. The first kappa shape index (κ1) is 18.0. The monoisotopic (exact) mass is 350 g/mol. The molecule has 1 aliphatic rings. The fraction of sp³-hybridized carbons (Fsp3) is 0.389. The van der Waals surface area contributed by atoms with Gasteiger partial charge in [-0.05, 0) is 43.5 Å². The highest BCUT2D eigenvalue weighted by molar-refractivity contribution is 7.14. The molecule has 0 spiro atoms. The quantitative estimate of drug-likeness (QED) is 0.919. The first-order chi connectivity index (χ1) is 10.6. The zero-order valence-electron chi connectivity index (χ0n) is 13.5. The van der Waals surface area contributed by atoms with Gasteiger partial charge in [-0.3, -0.25) is 4.79 Å². The molecule has 1 aliphatic heterocycles. The minimum atomic E-state index is 0. The van der Waals surface area contributed by atoms with E-state index in [1.54, 1.807) is 11.3 Å². The third-order valence-electron chi connectivity index (χ3n) is 4.64. The Kier molecular flexibility index (Phi) is 5.84. The van der Waals surface area contributed by atoms with E-state index in [0.717, 1.165) is 18.0 Å². The summed E-state index contributed by atoms with van der Waals surface area (Å²) < 4.78 is 0. The molecule has 2 N–H and O–H groups in total. The van der Waals surface area contributed by atoms with Gasteiger partial charge in [0.05, 0.1) is 4.88 Å². The summed E-state index contributed by atoms with van der Waals surface area (Å²) in [5, 5.41) is 0. The van der Waals surface area contributed by atoms with Crippen LogP contribution < -0.4 is 5.73 Å². The second kappa shape index (κ2) is 7.47. The van der Waals surface area contributed by atoms with Crippen molar-refractivity contribution in [2.24, 2.45) is 11.7 Å². The first-order valence-electron chi connectivity index (χ1n) is 7.71. The molecule has 23 heavy (non-hydrogen) atoms. The van der Waals surface area contributed by atoms with Crippen LogP contribution in [0.25, 0.3) is 0 Å². The number of amides is 1. The van der Waals surface area contributed by atoms with Gasteiger partial charge in [0.2, 0.25) is 0 Å². The summed E-state index contributed by atoms with van der Waals surface area (Å²) in [6.45, 7) is 6.26. The highest BCUT2D eigenvalue weighted by Gasteiger charge is 2.35. The van der Waals surface area contributed by atoms with Gasteiger partial charge in [0.15, 0.2) is 0 Å². The van der Waals surface area contributed by atoms with Crippen molar-refractivity contribution in [3.05, 3.63) is 57.3 Å². The molecule has 1 aromatic heterocycles. The molecule has 2 aromatic rings. The number of benzene rings is 1. The highest BCUT2D eigenvalue weighted by atomic mass is 35.5. The Labute approximate surface area is 147 Å². The highest BCUT2D eigenvalue weighted by Crippen LogP contribution is 2.33. The number of carbonyl (C=O) groups excluding carboxylic acids is 1. The Morgan fingerprint density at radius 1 is 1.26 bits per heavy atom. The van der Waals surface area contributed by atoms with E-state index in [2.05, 4.69) is 38.1 Å². The summed E-state index contributed by atoms with van der Waals surface area (Å²) in [5.41, 5.74) is 8.44. The van der Waals surface area contributed by atoms with Gasteiger partial charge in [-0.25, -0.2) is 0 Å². The van der Waals surface area contributed by atoms with Crippen LogP contribution in [0.2, 0.25) is 0 Å². The molecule has 0 radical (unpaired) electrons. The van der Waals surface area contributed by atoms with E-state index in [1.807, 2.05) is 17.0 Å². The van der Waals surface area contributed by atoms with Crippen molar-refractivity contribution in [3.63, 3.8) is 0 Å². The van der Waals surface area contributed by atoms with Gasteiger partial charge in [-0.1, -0.05) is 30.3 Å². The van der Waals surface area contributed by atoms with Crippen LogP contribution in [-0.2, 0) is 0 Å². The molecule has 1 fully saturated rings. The first-order valence-corrected chi connectivity index (χ1v) is 8.53. The van der Waals surface area contributed by atoms with Crippen LogP contribution in [-0.4, -0.2) is 30.4 Å². The van der Waals surface area contributed by atoms with Crippen molar-refractivity contribution >= 4 is 29.7 Å². The van der Waals surface area contributed by atoms with Crippen molar-refractivity contribution in [1.82, 2.24) is 4.90 Å². The van der Waals surface area contributed by atoms with Crippen LogP contribution in [0.1, 0.15) is 31.6 Å². The molecule has 3 rings (SSSR count). The normalized spacial score (nSPS) is 20.4. The maximum Gasteiger partial charge on any atom is 0.263 e. The second-order valence-electron chi connectivity index (χ2n) is 6.07. The molecule has 5 heteroatoms. The van der Waals surface area contributed by atoms with Gasteiger partial charge in [0.25, 0.3) is 5.91 Å². The lowest BCUT2D eigenvalue weighted by molar-refractivity contribution is 0.0791. The van der Waals surface area contributed by atoms with E-state index < -0.39 is 0 Å². The number of likely N-dealkylation sites (tertiary alicyclic amines) is 1. The van der Waals surface area contributed by atoms with Crippen LogP contribution in [0.4, 0.5) is 0 Å². The average molecular weight is 351 g/mol. The number of carbonyl (C=O) groups is 1. The molecule has 2 atom stereocenters. The van der Waals surface area contributed by atoms with E-state index >= 15 is 0 Å². The van der Waals surface area contributed by atoms with Crippen molar-refractivity contribution in [3.8, 4) is 0 Å². The number of nitrogens with two attached hydrogens (primary N) is 1. The van der Waals surface area contributed by atoms with Crippen LogP contribution in [0.3, 0.4) is 0 Å². The van der Waals surface area contributed by atoms with Crippen molar-refractivity contribution in [1.29, 1.82) is 0 Å². The molecule has 0 aliphatic carbocycles. The standard InChI is InChI=1S/C18H22N2OS.ClH/c1-12-8-17(22-13(12)2)18(21)20-10-15(9-19)16(11-20)14-6-4-3-5-7-14;/h3-8,15-16H,9-11,19H2,1-2H3;1H/t15-,16+;/m1./s1. The molecular weight excluding hydrogens is 328 g/mol. The molecule has 1 saturated heterocycles. The number of aryl methyl sites for hydroxylation is 2. The molecule has 1 amide bonds. The Bertz CT molecular complexity index is 651. The Hall–Kier alpha value is -1.36. The number of halogens is 1. The minimum Gasteiger partial charge on any atom is -0.337 e. The van der Waals surface area contributed by atoms with Gasteiger partial charge >= 0.3 is 0 Å². The van der Waals surface area contributed by atoms with Crippen molar-refractivity contribution < 1.29 is 4.79 Å². The number of thiophene rings is 1. The lowest BCUT2D eigenvalue weighted by Gasteiger charge is -2.16. The average Bonchev–Trinajstić information content (AvgIpc) is 3.11. The summed E-state index contributed by atoms with van der Waals surface area (Å²) in [5.74, 6) is 0.837. The maximum atomic E-state index is 12.7. The van der Waals surface area contributed by atoms with Crippen LogP contribution >= 0.6 is 23.7 Å². The number of nitrogens with zero attached hydrogens (tertiary/aromatic N) is 1. The van der Waals surface area contributed by atoms with Crippen molar-refractivity contribution in [2.75, 3.05) is 19.6 Å². The van der Waals surface area contributed by atoms with Gasteiger partial charge in [-0.2, -0.15) is 0 Å². The number of rotatable bonds is 3.